The van der Waals surface area contributed by atoms with E-state index in [0.717, 1.165) is 23.1 Å². The van der Waals surface area contributed by atoms with E-state index in [2.05, 4.69) is 10.8 Å². The van der Waals surface area contributed by atoms with Crippen LogP contribution in [0.3, 0.4) is 0 Å². The molecule has 0 spiro atoms. The second-order valence-corrected chi connectivity index (χ2v) is 8.51. The molecule has 1 aliphatic rings. The van der Waals surface area contributed by atoms with Crippen LogP contribution in [0.4, 0.5) is 0 Å². The molecule has 2 aromatic carbocycles. The molecule has 0 saturated carbocycles. The molecule has 0 fully saturated rings. The monoisotopic (exact) mass is 345 g/mol. The van der Waals surface area contributed by atoms with Gasteiger partial charge in [-0.3, -0.25) is 0 Å². The molecule has 2 aromatic rings. The van der Waals surface area contributed by atoms with Crippen LogP contribution in [0.2, 0.25) is 0 Å². The zero-order valence-electron chi connectivity index (χ0n) is 14.0. The molecule has 0 aliphatic heterocycles. The molecule has 0 heterocycles. The van der Waals surface area contributed by atoms with Crippen molar-refractivity contribution in [1.82, 2.24) is 4.72 Å². The Labute approximate surface area is 143 Å². The Hall–Kier alpha value is -1.69. The van der Waals surface area contributed by atoms with E-state index in [4.69, 9.17) is 0 Å². The van der Waals surface area contributed by atoms with Crippen LogP contribution in [0.5, 0.6) is 0 Å². The van der Waals surface area contributed by atoms with Gasteiger partial charge in [-0.05, 0) is 61.1 Å². The minimum absolute atomic E-state index is 0.0244. The van der Waals surface area contributed by atoms with Gasteiger partial charge in [0.2, 0.25) is 10.0 Å². The number of benzene rings is 2. The summed E-state index contributed by atoms with van der Waals surface area (Å²) in [6, 6.07) is 13.1. The molecule has 0 saturated heterocycles. The van der Waals surface area contributed by atoms with Gasteiger partial charge in [-0.1, -0.05) is 30.3 Å². The molecule has 4 nitrogen and oxygen atoms in total. The number of rotatable bonds is 4. The van der Waals surface area contributed by atoms with Crippen molar-refractivity contribution in [1.29, 1.82) is 0 Å². The van der Waals surface area contributed by atoms with Crippen molar-refractivity contribution in [2.45, 2.75) is 43.6 Å². The number of hydrogen-bond donors (Lipinski definition) is 2. The highest BCUT2D eigenvalue weighted by atomic mass is 32.2. The Morgan fingerprint density at radius 3 is 2.50 bits per heavy atom. The van der Waals surface area contributed by atoms with Crippen molar-refractivity contribution in [3.63, 3.8) is 0 Å². The first kappa shape index (κ1) is 17.1. The lowest BCUT2D eigenvalue weighted by molar-refractivity contribution is 0.0317. The van der Waals surface area contributed by atoms with Crippen LogP contribution < -0.4 is 4.72 Å². The third kappa shape index (κ3) is 3.53. The van der Waals surface area contributed by atoms with E-state index in [1.807, 2.05) is 32.0 Å². The molecule has 2 N–H and O–H groups in total. The maximum absolute atomic E-state index is 12.5. The van der Waals surface area contributed by atoms with E-state index in [0.29, 0.717) is 12.8 Å². The summed E-state index contributed by atoms with van der Waals surface area (Å²) in [4.78, 5) is 0.241. The van der Waals surface area contributed by atoms with Crippen molar-refractivity contribution < 1.29 is 13.5 Å². The van der Waals surface area contributed by atoms with Gasteiger partial charge in [0.25, 0.3) is 0 Å². The normalized spacial score (nSPS) is 20.6. The molecule has 0 bridgehead atoms. The van der Waals surface area contributed by atoms with E-state index in [9.17, 15) is 13.5 Å². The fraction of sp³-hybridized carbons (Fsp3) is 0.368. The van der Waals surface area contributed by atoms with E-state index in [1.165, 1.54) is 5.56 Å². The lowest BCUT2D eigenvalue weighted by atomic mass is 9.80. The second kappa shape index (κ2) is 6.31. The van der Waals surface area contributed by atoms with E-state index >= 15 is 0 Å². The van der Waals surface area contributed by atoms with Gasteiger partial charge in [-0.15, -0.1) is 0 Å². The first-order chi connectivity index (χ1) is 11.3. The average Bonchev–Trinajstić information content (AvgIpc) is 2.55. The van der Waals surface area contributed by atoms with Gasteiger partial charge in [0.15, 0.2) is 0 Å². The molecule has 1 unspecified atom stereocenters. The summed E-state index contributed by atoms with van der Waals surface area (Å²) in [5, 5.41) is 10.8. The minimum Gasteiger partial charge on any atom is -0.388 e. The van der Waals surface area contributed by atoms with Gasteiger partial charge >= 0.3 is 0 Å². The summed E-state index contributed by atoms with van der Waals surface area (Å²) in [6.45, 7) is 3.86. The average molecular weight is 345 g/mol. The number of hydrogen-bond acceptors (Lipinski definition) is 3. The molecule has 0 radical (unpaired) electrons. The zero-order chi connectivity index (χ0) is 17.4. The summed E-state index contributed by atoms with van der Waals surface area (Å²) in [6.07, 6.45) is 1.79. The van der Waals surface area contributed by atoms with E-state index in [1.54, 1.807) is 18.2 Å². The summed E-state index contributed by atoms with van der Waals surface area (Å²) >= 11 is 0. The molecule has 3 rings (SSSR count). The molecule has 5 heteroatoms. The predicted octanol–water partition coefficient (Wildman–Crippen LogP) is 2.50. The molecule has 24 heavy (non-hydrogen) atoms. The summed E-state index contributed by atoms with van der Waals surface area (Å²) in [5.41, 5.74) is 3.27. The molecule has 1 aliphatic carbocycles. The predicted molar refractivity (Wildman–Crippen MR) is 94.5 cm³/mol. The van der Waals surface area contributed by atoms with Gasteiger partial charge in [0.05, 0.1) is 10.5 Å². The highest BCUT2D eigenvalue weighted by Gasteiger charge is 2.33. The summed E-state index contributed by atoms with van der Waals surface area (Å²) in [5.74, 6) is 0. The van der Waals surface area contributed by atoms with Gasteiger partial charge < -0.3 is 5.11 Å². The van der Waals surface area contributed by atoms with E-state index < -0.39 is 15.6 Å². The fourth-order valence-electron chi connectivity index (χ4n) is 3.13. The van der Waals surface area contributed by atoms with Crippen LogP contribution in [0.25, 0.3) is 0 Å². The minimum atomic E-state index is -3.62. The van der Waals surface area contributed by atoms with Gasteiger partial charge in [-0.2, -0.15) is 0 Å². The van der Waals surface area contributed by atoms with Crippen LogP contribution in [0.1, 0.15) is 28.7 Å². The van der Waals surface area contributed by atoms with Crippen molar-refractivity contribution in [2.24, 2.45) is 0 Å². The number of nitrogens with one attached hydrogen (secondary N) is 1. The zero-order valence-corrected chi connectivity index (χ0v) is 14.9. The van der Waals surface area contributed by atoms with Gasteiger partial charge in [-0.25, -0.2) is 13.1 Å². The van der Waals surface area contributed by atoms with Crippen LogP contribution in [-0.4, -0.2) is 25.7 Å². The highest BCUT2D eigenvalue weighted by molar-refractivity contribution is 7.89. The van der Waals surface area contributed by atoms with Gasteiger partial charge in [0.1, 0.15) is 0 Å². The Morgan fingerprint density at radius 2 is 1.79 bits per heavy atom. The molecule has 128 valence electrons. The maximum Gasteiger partial charge on any atom is 0.240 e. The molecule has 0 aromatic heterocycles. The van der Waals surface area contributed by atoms with Crippen molar-refractivity contribution in [3.05, 3.63) is 64.7 Å². The van der Waals surface area contributed by atoms with Crippen molar-refractivity contribution in [2.75, 3.05) is 6.54 Å². The molecule has 0 amide bonds. The van der Waals surface area contributed by atoms with Gasteiger partial charge in [0, 0.05) is 13.0 Å². The number of aryl methyl sites for hydroxylation is 3. The maximum atomic E-state index is 12.5. The van der Waals surface area contributed by atoms with Crippen molar-refractivity contribution in [3.8, 4) is 0 Å². The topological polar surface area (TPSA) is 66.4 Å². The lowest BCUT2D eigenvalue weighted by Crippen LogP contribution is -2.46. The lowest BCUT2D eigenvalue weighted by Gasteiger charge is -2.33. The Morgan fingerprint density at radius 1 is 1.08 bits per heavy atom. The summed E-state index contributed by atoms with van der Waals surface area (Å²) < 4.78 is 27.6. The fourth-order valence-corrected chi connectivity index (χ4v) is 4.33. The highest BCUT2D eigenvalue weighted by Crippen LogP contribution is 2.28. The molecular weight excluding hydrogens is 322 g/mol. The summed E-state index contributed by atoms with van der Waals surface area (Å²) in [7, 11) is -3.62. The Bertz CT molecular complexity index is 861. The van der Waals surface area contributed by atoms with Crippen LogP contribution in [-0.2, 0) is 22.9 Å². The van der Waals surface area contributed by atoms with Crippen LogP contribution >= 0.6 is 0 Å². The molecule has 1 atom stereocenters. The second-order valence-electron chi connectivity index (χ2n) is 6.74. The number of aliphatic hydroxyl groups is 1. The Kier molecular flexibility index (Phi) is 4.51. The number of fused-ring (bicyclic) bond motifs is 1. The number of sulfonamides is 1. The third-order valence-electron chi connectivity index (χ3n) is 4.88. The van der Waals surface area contributed by atoms with Crippen LogP contribution in [0.15, 0.2) is 47.4 Å². The SMILES string of the molecule is Cc1ccc(S(=O)(=O)NCC2(O)CCc3ccccc3C2)cc1C. The Balaban J connectivity index is 1.74. The standard InChI is InChI=1S/C19H23NO3S/c1-14-7-8-18(11-15(14)2)24(22,23)20-13-19(21)10-9-16-5-3-4-6-17(16)12-19/h3-8,11,20-21H,9-10,12-13H2,1-2H3. The smallest absolute Gasteiger partial charge is 0.240 e. The quantitative estimate of drug-likeness (QED) is 0.895. The largest absolute Gasteiger partial charge is 0.388 e. The third-order valence-corrected chi connectivity index (χ3v) is 6.28. The van der Waals surface area contributed by atoms with E-state index in [-0.39, 0.29) is 11.4 Å². The van der Waals surface area contributed by atoms with Crippen molar-refractivity contribution >= 4 is 10.0 Å². The first-order valence-electron chi connectivity index (χ1n) is 8.15. The van der Waals surface area contributed by atoms with Crippen LogP contribution in [0, 0.1) is 13.8 Å². The molecular formula is C19H23NO3S. The first-order valence-corrected chi connectivity index (χ1v) is 9.64.